The van der Waals surface area contributed by atoms with Crippen molar-refractivity contribution in [2.24, 2.45) is 7.05 Å². The van der Waals surface area contributed by atoms with Gasteiger partial charge < -0.3 is 10.1 Å². The third-order valence-electron chi connectivity index (χ3n) is 4.52. The first-order chi connectivity index (χ1) is 12.4. The fourth-order valence-corrected chi connectivity index (χ4v) is 4.54. The monoisotopic (exact) mass is 395 g/mol. The molecule has 2 aromatic rings. The number of ether oxygens (including phenoxy) is 1. The standard InChI is InChI=1S/C18H22ClN3O3S/c1-4-9-25-18(24)13-11-7-5-6-8-12(11)26-17(13)20-16(23)15-14(19)10(2)22(3)21-15/h4-9H2,1-3H3,(H,20,23). The Labute approximate surface area is 161 Å². The van der Waals surface area contributed by atoms with E-state index in [0.29, 0.717) is 27.9 Å². The van der Waals surface area contributed by atoms with Gasteiger partial charge >= 0.3 is 5.97 Å². The Hall–Kier alpha value is -1.86. The lowest BCUT2D eigenvalue weighted by molar-refractivity contribution is 0.0505. The summed E-state index contributed by atoms with van der Waals surface area (Å²) in [6.45, 7) is 4.11. The summed E-state index contributed by atoms with van der Waals surface area (Å²) in [7, 11) is 1.73. The third-order valence-corrected chi connectivity index (χ3v) is 6.18. The van der Waals surface area contributed by atoms with Gasteiger partial charge in [0, 0.05) is 11.9 Å². The topological polar surface area (TPSA) is 73.2 Å². The normalized spacial score (nSPS) is 13.4. The quantitative estimate of drug-likeness (QED) is 0.772. The van der Waals surface area contributed by atoms with Gasteiger partial charge in [-0.3, -0.25) is 9.48 Å². The van der Waals surface area contributed by atoms with Crippen molar-refractivity contribution >= 4 is 39.8 Å². The third kappa shape index (κ3) is 3.50. The van der Waals surface area contributed by atoms with E-state index in [0.717, 1.165) is 42.5 Å². The zero-order chi connectivity index (χ0) is 18.8. The van der Waals surface area contributed by atoms with Crippen LogP contribution in [0.4, 0.5) is 5.00 Å². The van der Waals surface area contributed by atoms with Gasteiger partial charge in [-0.15, -0.1) is 11.3 Å². The number of hydrogen-bond acceptors (Lipinski definition) is 5. The van der Waals surface area contributed by atoms with Crippen molar-refractivity contribution in [2.75, 3.05) is 11.9 Å². The number of fused-ring (bicyclic) bond motifs is 1. The van der Waals surface area contributed by atoms with Crippen molar-refractivity contribution in [3.05, 3.63) is 32.4 Å². The molecular formula is C18H22ClN3O3S. The molecule has 140 valence electrons. The maximum Gasteiger partial charge on any atom is 0.341 e. The van der Waals surface area contributed by atoms with Crippen LogP contribution < -0.4 is 5.32 Å². The van der Waals surface area contributed by atoms with E-state index in [1.807, 2.05) is 6.92 Å². The molecule has 0 unspecified atom stereocenters. The van der Waals surface area contributed by atoms with Gasteiger partial charge in [-0.1, -0.05) is 18.5 Å². The van der Waals surface area contributed by atoms with Crippen LogP contribution in [0.1, 0.15) is 63.2 Å². The number of aryl methyl sites for hydroxylation is 2. The molecule has 0 saturated carbocycles. The Morgan fingerprint density at radius 1 is 1.35 bits per heavy atom. The molecule has 1 amide bonds. The molecule has 2 heterocycles. The molecule has 1 aliphatic rings. The molecule has 26 heavy (non-hydrogen) atoms. The maximum absolute atomic E-state index is 12.7. The van der Waals surface area contributed by atoms with E-state index in [9.17, 15) is 9.59 Å². The Bertz CT molecular complexity index is 856. The lowest BCUT2D eigenvalue weighted by Gasteiger charge is -2.12. The number of nitrogens with one attached hydrogen (secondary N) is 1. The lowest BCUT2D eigenvalue weighted by Crippen LogP contribution is -2.17. The zero-order valence-corrected chi connectivity index (χ0v) is 16.7. The number of anilines is 1. The molecule has 6 nitrogen and oxygen atoms in total. The van der Waals surface area contributed by atoms with Crippen molar-refractivity contribution < 1.29 is 14.3 Å². The Balaban J connectivity index is 1.93. The van der Waals surface area contributed by atoms with Crippen LogP contribution >= 0.6 is 22.9 Å². The van der Waals surface area contributed by atoms with Gasteiger partial charge in [0.2, 0.25) is 0 Å². The van der Waals surface area contributed by atoms with Crippen molar-refractivity contribution in [3.63, 3.8) is 0 Å². The smallest absolute Gasteiger partial charge is 0.341 e. The molecule has 1 aliphatic carbocycles. The highest BCUT2D eigenvalue weighted by molar-refractivity contribution is 7.17. The summed E-state index contributed by atoms with van der Waals surface area (Å²) in [5.74, 6) is -0.785. The molecule has 0 bridgehead atoms. The van der Waals surface area contributed by atoms with E-state index in [1.54, 1.807) is 18.7 Å². The van der Waals surface area contributed by atoms with Crippen molar-refractivity contribution in [1.82, 2.24) is 9.78 Å². The summed E-state index contributed by atoms with van der Waals surface area (Å²) in [6.07, 6.45) is 4.64. The van der Waals surface area contributed by atoms with E-state index in [1.165, 1.54) is 11.3 Å². The number of rotatable bonds is 5. The van der Waals surface area contributed by atoms with E-state index >= 15 is 0 Å². The van der Waals surface area contributed by atoms with Crippen molar-refractivity contribution in [3.8, 4) is 0 Å². The fourth-order valence-electron chi connectivity index (χ4n) is 3.03. The second-order valence-electron chi connectivity index (χ2n) is 6.38. The minimum absolute atomic E-state index is 0.158. The van der Waals surface area contributed by atoms with Gasteiger partial charge in [-0.25, -0.2) is 4.79 Å². The number of hydrogen-bond donors (Lipinski definition) is 1. The van der Waals surface area contributed by atoms with Gasteiger partial charge in [0.05, 0.1) is 22.9 Å². The minimum atomic E-state index is -0.415. The molecule has 0 saturated heterocycles. The highest BCUT2D eigenvalue weighted by atomic mass is 35.5. The van der Waals surface area contributed by atoms with Crippen LogP contribution in [0.25, 0.3) is 0 Å². The number of carbonyl (C=O) groups excluding carboxylic acids is 2. The summed E-state index contributed by atoms with van der Waals surface area (Å²) >= 11 is 7.67. The van der Waals surface area contributed by atoms with Crippen LogP contribution in [0.2, 0.25) is 5.02 Å². The number of carbonyl (C=O) groups is 2. The molecule has 0 spiro atoms. The van der Waals surface area contributed by atoms with E-state index < -0.39 is 5.91 Å². The minimum Gasteiger partial charge on any atom is -0.462 e. The summed E-state index contributed by atoms with van der Waals surface area (Å²) in [4.78, 5) is 26.4. The van der Waals surface area contributed by atoms with Gasteiger partial charge in [-0.2, -0.15) is 5.10 Å². The number of thiophene rings is 1. The summed E-state index contributed by atoms with van der Waals surface area (Å²) < 4.78 is 6.91. The lowest BCUT2D eigenvalue weighted by atomic mass is 9.95. The number of aromatic nitrogens is 2. The Kier molecular flexibility index (Phi) is 5.67. The van der Waals surface area contributed by atoms with Crippen molar-refractivity contribution in [1.29, 1.82) is 0 Å². The van der Waals surface area contributed by atoms with Gasteiger partial charge in [0.1, 0.15) is 5.00 Å². The first kappa shape index (κ1) is 18.9. The van der Waals surface area contributed by atoms with E-state index in [-0.39, 0.29) is 11.7 Å². The summed E-state index contributed by atoms with van der Waals surface area (Å²) in [5, 5.41) is 7.86. The molecule has 0 aromatic carbocycles. The van der Waals surface area contributed by atoms with Crippen LogP contribution in [0.3, 0.4) is 0 Å². The van der Waals surface area contributed by atoms with E-state index in [4.69, 9.17) is 16.3 Å². The Morgan fingerprint density at radius 2 is 2.08 bits per heavy atom. The molecule has 8 heteroatoms. The highest BCUT2D eigenvalue weighted by Gasteiger charge is 2.28. The number of amides is 1. The average molecular weight is 396 g/mol. The van der Waals surface area contributed by atoms with Crippen LogP contribution in [-0.4, -0.2) is 28.3 Å². The molecular weight excluding hydrogens is 374 g/mol. The Morgan fingerprint density at radius 3 is 2.73 bits per heavy atom. The molecule has 0 fully saturated rings. The SMILES string of the molecule is CCCOC(=O)c1c(NC(=O)c2nn(C)c(C)c2Cl)sc2c1CCCC2. The van der Waals surface area contributed by atoms with E-state index in [2.05, 4.69) is 10.4 Å². The first-order valence-corrected chi connectivity index (χ1v) is 9.95. The van der Waals surface area contributed by atoms with Gasteiger partial charge in [-0.05, 0) is 44.6 Å². The molecule has 3 rings (SSSR count). The number of nitrogens with zero attached hydrogens (tertiary/aromatic N) is 2. The predicted molar refractivity (Wildman–Crippen MR) is 102 cm³/mol. The predicted octanol–water partition coefficient (Wildman–Crippen LogP) is 4.14. The van der Waals surface area contributed by atoms with Crippen molar-refractivity contribution in [2.45, 2.75) is 46.0 Å². The first-order valence-electron chi connectivity index (χ1n) is 8.76. The number of esters is 1. The molecule has 0 aliphatic heterocycles. The molecule has 1 N–H and O–H groups in total. The molecule has 0 atom stereocenters. The largest absolute Gasteiger partial charge is 0.462 e. The second kappa shape index (κ2) is 7.80. The number of halogens is 1. The van der Waals surface area contributed by atoms with Crippen LogP contribution in [0.5, 0.6) is 0 Å². The van der Waals surface area contributed by atoms with Crippen LogP contribution in [-0.2, 0) is 24.6 Å². The van der Waals surface area contributed by atoms with Crippen LogP contribution in [0.15, 0.2) is 0 Å². The maximum atomic E-state index is 12.7. The second-order valence-corrected chi connectivity index (χ2v) is 7.86. The van der Waals surface area contributed by atoms with Gasteiger partial charge in [0.25, 0.3) is 5.91 Å². The van der Waals surface area contributed by atoms with Gasteiger partial charge in [0.15, 0.2) is 5.69 Å². The summed E-state index contributed by atoms with van der Waals surface area (Å²) in [5.41, 5.74) is 2.38. The van der Waals surface area contributed by atoms with Crippen LogP contribution in [0, 0.1) is 6.92 Å². The zero-order valence-electron chi connectivity index (χ0n) is 15.1. The highest BCUT2D eigenvalue weighted by Crippen LogP contribution is 2.39. The average Bonchev–Trinajstić information content (AvgIpc) is 3.11. The molecule has 0 radical (unpaired) electrons. The molecule has 2 aromatic heterocycles. The summed E-state index contributed by atoms with van der Waals surface area (Å²) in [6, 6.07) is 0. The fraction of sp³-hybridized carbons (Fsp3) is 0.500.